The van der Waals surface area contributed by atoms with Gasteiger partial charge in [-0.25, -0.2) is 0 Å². The molecule has 0 amide bonds. The zero-order valence-corrected chi connectivity index (χ0v) is 34.2. The van der Waals surface area contributed by atoms with Crippen LogP contribution in [0.15, 0.2) is 182 Å². The quantitative estimate of drug-likeness (QED) is 0.158. The average molecular weight is 767 g/mol. The van der Waals surface area contributed by atoms with Gasteiger partial charge in [0.05, 0.1) is 11.0 Å². The Morgan fingerprint density at radius 3 is 1.02 bits per heavy atom. The molecule has 60 heavy (non-hydrogen) atoms. The zero-order chi connectivity index (χ0) is 40.2. The molecule has 0 aliphatic heterocycles. The van der Waals surface area contributed by atoms with Crippen LogP contribution < -0.4 is 0 Å². The van der Waals surface area contributed by atoms with Gasteiger partial charge in [0.15, 0.2) is 0 Å². The molecule has 10 aromatic carbocycles. The van der Waals surface area contributed by atoms with Crippen molar-refractivity contribution in [2.45, 2.75) is 27.7 Å². The molecule has 2 heteroatoms. The van der Waals surface area contributed by atoms with Crippen molar-refractivity contribution in [2.24, 2.45) is 0 Å². The van der Waals surface area contributed by atoms with E-state index in [1.807, 2.05) is 0 Å². The lowest BCUT2D eigenvalue weighted by molar-refractivity contribution is 1.04. The van der Waals surface area contributed by atoms with E-state index in [0.29, 0.717) is 0 Å². The van der Waals surface area contributed by atoms with Crippen molar-refractivity contribution in [3.63, 3.8) is 0 Å². The van der Waals surface area contributed by atoms with Gasteiger partial charge < -0.3 is 9.13 Å². The van der Waals surface area contributed by atoms with Gasteiger partial charge in [-0.2, -0.15) is 0 Å². The van der Waals surface area contributed by atoms with E-state index < -0.39 is 0 Å². The van der Waals surface area contributed by atoms with Gasteiger partial charge in [0, 0.05) is 44.3 Å². The minimum absolute atomic E-state index is 1.17. The van der Waals surface area contributed by atoms with E-state index in [1.54, 1.807) is 0 Å². The van der Waals surface area contributed by atoms with Crippen LogP contribution in [-0.2, 0) is 0 Å². The van der Waals surface area contributed by atoms with Crippen molar-refractivity contribution >= 4 is 75.7 Å². The molecule has 0 atom stereocenters. The van der Waals surface area contributed by atoms with Crippen LogP contribution in [0.1, 0.15) is 22.5 Å². The molecule has 2 heterocycles. The number of aryl methyl sites for hydroxylation is 2. The normalized spacial score (nSPS) is 12.0. The molecule has 0 N–H and O–H groups in total. The molecule has 0 saturated carbocycles. The molecule has 0 spiro atoms. The molecule has 0 aliphatic rings. The van der Waals surface area contributed by atoms with E-state index in [9.17, 15) is 0 Å². The number of hydrogen-bond donors (Lipinski definition) is 0. The van der Waals surface area contributed by atoms with Crippen molar-refractivity contribution in [3.8, 4) is 33.6 Å². The molecule has 0 bridgehead atoms. The highest BCUT2D eigenvalue weighted by Gasteiger charge is 2.21. The fourth-order valence-electron chi connectivity index (χ4n) is 10.3. The summed E-state index contributed by atoms with van der Waals surface area (Å²) < 4.78 is 4.97. The Balaban J connectivity index is 1.01. The Morgan fingerprint density at radius 1 is 0.283 bits per heavy atom. The molecule has 0 fully saturated rings. The summed E-state index contributed by atoms with van der Waals surface area (Å²) in [4.78, 5) is 0. The maximum atomic E-state index is 2.48. The smallest absolute Gasteiger partial charge is 0.0613 e. The molecule has 0 radical (unpaired) electrons. The third-order valence-corrected chi connectivity index (χ3v) is 13.6. The minimum atomic E-state index is 1.17. The highest BCUT2D eigenvalue weighted by molar-refractivity contribution is 6.18. The number of rotatable bonds is 4. The second kappa shape index (κ2) is 13.0. The number of fused-ring (bicyclic) bond motifs is 11. The summed E-state index contributed by atoms with van der Waals surface area (Å²) in [7, 11) is 0. The topological polar surface area (TPSA) is 9.86 Å². The lowest BCUT2D eigenvalue weighted by atomic mass is 9.93. The lowest BCUT2D eigenvalue weighted by Gasteiger charge is -2.15. The molecule has 0 unspecified atom stereocenters. The Hall–Kier alpha value is -7.42. The molecule has 12 aromatic rings. The first kappa shape index (κ1) is 34.6. The van der Waals surface area contributed by atoms with Crippen LogP contribution in [0.5, 0.6) is 0 Å². The third-order valence-electron chi connectivity index (χ3n) is 13.6. The summed E-state index contributed by atoms with van der Waals surface area (Å²) in [5.74, 6) is 0. The van der Waals surface area contributed by atoms with Crippen molar-refractivity contribution < 1.29 is 0 Å². The molecule has 12 rings (SSSR count). The van der Waals surface area contributed by atoms with Crippen LogP contribution in [-0.4, -0.2) is 9.13 Å². The van der Waals surface area contributed by atoms with Gasteiger partial charge >= 0.3 is 0 Å². The van der Waals surface area contributed by atoms with Gasteiger partial charge in [-0.1, -0.05) is 146 Å². The van der Waals surface area contributed by atoms with E-state index in [0.717, 1.165) is 0 Å². The predicted molar refractivity (Wildman–Crippen MR) is 257 cm³/mol. The van der Waals surface area contributed by atoms with Crippen molar-refractivity contribution in [2.75, 3.05) is 0 Å². The number of nitrogens with zero attached hydrogens (tertiary/aromatic N) is 2. The largest absolute Gasteiger partial charge is 0.313 e. The molecule has 0 aliphatic carbocycles. The molecule has 2 aromatic heterocycles. The Bertz CT molecular complexity index is 3480. The van der Waals surface area contributed by atoms with Crippen molar-refractivity contribution in [3.05, 3.63) is 205 Å². The summed E-state index contributed by atoms with van der Waals surface area (Å²) in [6.07, 6.45) is 0. The third kappa shape index (κ3) is 4.94. The van der Waals surface area contributed by atoms with E-state index in [4.69, 9.17) is 0 Å². The number of benzene rings is 10. The summed E-state index contributed by atoms with van der Waals surface area (Å²) >= 11 is 0. The summed E-state index contributed by atoms with van der Waals surface area (Å²) in [6.45, 7) is 9.07. The summed E-state index contributed by atoms with van der Waals surface area (Å²) in [5, 5.41) is 15.4. The van der Waals surface area contributed by atoms with Gasteiger partial charge in [-0.05, 0) is 141 Å². The van der Waals surface area contributed by atoms with E-state index in [1.165, 1.54) is 132 Å². The maximum absolute atomic E-state index is 2.48. The van der Waals surface area contributed by atoms with Gasteiger partial charge in [0.1, 0.15) is 0 Å². The second-order valence-corrected chi connectivity index (χ2v) is 16.6. The highest BCUT2D eigenvalue weighted by Crippen LogP contribution is 2.42. The van der Waals surface area contributed by atoms with Crippen LogP contribution in [0.4, 0.5) is 0 Å². The Labute approximate surface area is 349 Å². The highest BCUT2D eigenvalue weighted by atomic mass is 15.0. The van der Waals surface area contributed by atoms with Crippen molar-refractivity contribution in [1.29, 1.82) is 0 Å². The first-order chi connectivity index (χ1) is 29.4. The van der Waals surface area contributed by atoms with Crippen LogP contribution in [0.3, 0.4) is 0 Å². The van der Waals surface area contributed by atoms with Crippen LogP contribution in [0.25, 0.3) is 109 Å². The Kier molecular flexibility index (Phi) is 7.52. The zero-order valence-electron chi connectivity index (χ0n) is 34.2. The standard InChI is InChI=1S/C58H42N2/c1-35-37(3)59(43-25-21-39(22-26-43)55-33-41-13-5-7-15-47(41)49-17-9-11-19-51(49)55)57-45(35)29-31-54-53(57)32-30-46-36(2)38(4)60(58(46)54)44-27-23-40(24-28-44)56-34-42-14-6-8-16-48(42)50-18-10-12-20-52(50)56/h5-34H,1-4H3. The van der Waals surface area contributed by atoms with Crippen LogP contribution >= 0.6 is 0 Å². The van der Waals surface area contributed by atoms with E-state index in [-0.39, 0.29) is 0 Å². The Morgan fingerprint density at radius 2 is 0.617 bits per heavy atom. The summed E-state index contributed by atoms with van der Waals surface area (Å²) in [6, 6.07) is 67.6. The van der Waals surface area contributed by atoms with Crippen LogP contribution in [0, 0.1) is 27.7 Å². The molecule has 0 saturated heterocycles. The maximum Gasteiger partial charge on any atom is 0.0613 e. The second-order valence-electron chi connectivity index (χ2n) is 16.6. The number of hydrogen-bond acceptors (Lipinski definition) is 0. The first-order valence-electron chi connectivity index (χ1n) is 21.0. The SMILES string of the molecule is Cc1c(C)n(-c2ccc(-c3cc4ccccc4c4ccccc34)cc2)c2c1ccc1c2ccc2c(C)c(C)n(-c3ccc(-c4cc5ccccc5c5ccccc45)cc3)c21. The average Bonchev–Trinajstić information content (AvgIpc) is 3.72. The van der Waals surface area contributed by atoms with Gasteiger partial charge in [-0.3, -0.25) is 0 Å². The first-order valence-corrected chi connectivity index (χ1v) is 21.0. The molecule has 2 nitrogen and oxygen atoms in total. The van der Waals surface area contributed by atoms with Crippen molar-refractivity contribution in [1.82, 2.24) is 9.13 Å². The number of aromatic nitrogens is 2. The van der Waals surface area contributed by atoms with Gasteiger partial charge in [0.2, 0.25) is 0 Å². The van der Waals surface area contributed by atoms with E-state index in [2.05, 4.69) is 219 Å². The molecular weight excluding hydrogens is 725 g/mol. The van der Waals surface area contributed by atoms with Gasteiger partial charge in [-0.15, -0.1) is 0 Å². The minimum Gasteiger partial charge on any atom is -0.313 e. The van der Waals surface area contributed by atoms with Gasteiger partial charge in [0.25, 0.3) is 0 Å². The molecular formula is C58H42N2. The van der Waals surface area contributed by atoms with E-state index >= 15 is 0 Å². The predicted octanol–water partition coefficient (Wildman–Crippen LogP) is 15.9. The van der Waals surface area contributed by atoms with Crippen LogP contribution in [0.2, 0.25) is 0 Å². The molecule has 284 valence electrons. The fourth-order valence-corrected chi connectivity index (χ4v) is 10.3. The fraction of sp³-hybridized carbons (Fsp3) is 0.0690. The summed E-state index contributed by atoms with van der Waals surface area (Å²) in [5.41, 5.74) is 15.0. The monoisotopic (exact) mass is 766 g/mol. The lowest BCUT2D eigenvalue weighted by Crippen LogP contribution is -1.99.